The van der Waals surface area contributed by atoms with Crippen LogP contribution in [0.5, 0.6) is 0 Å². The van der Waals surface area contributed by atoms with Crippen LogP contribution in [-0.2, 0) is 28.7 Å². The Morgan fingerprint density at radius 3 is 2.24 bits per heavy atom. The number of esters is 1. The number of imide groups is 3. The van der Waals surface area contributed by atoms with E-state index in [0.29, 0.717) is 43.0 Å². The van der Waals surface area contributed by atoms with E-state index >= 15 is 0 Å². The van der Waals surface area contributed by atoms with Gasteiger partial charge in [-0.1, -0.05) is 58.3 Å². The van der Waals surface area contributed by atoms with Crippen LogP contribution < -0.4 is 11.1 Å². The first kappa shape index (κ1) is 36.5. The maximum absolute atomic E-state index is 14.0. The maximum atomic E-state index is 14.0. The third-order valence-corrected chi connectivity index (χ3v) is 7.38. The maximum Gasteiger partial charge on any atom is 0.424 e. The lowest BCUT2D eigenvalue weighted by Gasteiger charge is -2.34. The third kappa shape index (κ3) is 14.3. The molecule has 2 atom stereocenters. The highest BCUT2D eigenvalue weighted by molar-refractivity contribution is 6.11. The summed E-state index contributed by atoms with van der Waals surface area (Å²) in [5.74, 6) is -1.98. The van der Waals surface area contributed by atoms with Crippen molar-refractivity contribution >= 4 is 29.8 Å². The summed E-state index contributed by atoms with van der Waals surface area (Å²) in [5, 5.41) is 2.49. The summed E-state index contributed by atoms with van der Waals surface area (Å²) in [6, 6.07) is -1.50. The minimum atomic E-state index is -1.06. The van der Waals surface area contributed by atoms with Crippen molar-refractivity contribution < 1.29 is 33.4 Å². The van der Waals surface area contributed by atoms with E-state index in [4.69, 9.17) is 15.2 Å². The average Bonchev–Trinajstić information content (AvgIpc) is 2.92. The van der Waals surface area contributed by atoms with E-state index in [2.05, 4.69) is 5.32 Å². The van der Waals surface area contributed by atoms with Crippen molar-refractivity contribution in [1.29, 1.82) is 0 Å². The number of methoxy groups -OCH3 is 1. The minimum absolute atomic E-state index is 0.256. The zero-order valence-electron chi connectivity index (χ0n) is 26.2. The fourth-order valence-corrected chi connectivity index (χ4v) is 4.97. The molecule has 0 bridgehead atoms. The topological polar surface area (TPSA) is 148 Å². The Morgan fingerprint density at radius 1 is 1.00 bits per heavy atom. The van der Waals surface area contributed by atoms with Gasteiger partial charge >= 0.3 is 12.1 Å². The summed E-state index contributed by atoms with van der Waals surface area (Å²) >= 11 is 0. The Labute approximate surface area is 246 Å². The minimum Gasteiger partial charge on any atom is -0.469 e. The van der Waals surface area contributed by atoms with Crippen LogP contribution in [0.2, 0.25) is 0 Å². The molecule has 41 heavy (non-hydrogen) atoms. The van der Waals surface area contributed by atoms with Crippen molar-refractivity contribution in [3.8, 4) is 0 Å². The van der Waals surface area contributed by atoms with Crippen molar-refractivity contribution in [1.82, 2.24) is 15.1 Å². The predicted molar refractivity (Wildman–Crippen MR) is 157 cm³/mol. The van der Waals surface area contributed by atoms with E-state index in [9.17, 15) is 24.0 Å². The molecular weight excluding hydrogens is 528 g/mol. The fraction of sp³-hybridized carbons (Fsp3) is 0.833. The third-order valence-electron chi connectivity index (χ3n) is 7.38. The van der Waals surface area contributed by atoms with Crippen LogP contribution in [-0.4, -0.2) is 84.5 Å². The number of hydrogen-bond donors (Lipinski definition) is 2. The molecule has 1 aliphatic carbocycles. The zero-order chi connectivity index (χ0) is 31.0. The smallest absolute Gasteiger partial charge is 0.424 e. The number of amides is 4. The number of carbonyl (C=O) groups excluding carboxylic acids is 5. The van der Waals surface area contributed by atoms with Crippen LogP contribution in [0, 0.1) is 5.92 Å². The molecule has 0 aromatic rings. The molecular formula is C30H54N4O7. The SMILES string of the molecule is CCCC[C@@H](N)C(=O)NCC(=O)N(C(=O)OC(C)(C)C)C(=O)[C@H](CC1CCCCC1)N(C)CCCCCC(=O)OC. The van der Waals surface area contributed by atoms with Gasteiger partial charge in [0.25, 0.3) is 11.8 Å². The second-order valence-electron chi connectivity index (χ2n) is 12.1. The molecule has 0 radical (unpaired) electrons. The summed E-state index contributed by atoms with van der Waals surface area (Å²) in [6.45, 7) is 6.97. The van der Waals surface area contributed by atoms with Crippen LogP contribution in [0.3, 0.4) is 0 Å². The first-order valence-electron chi connectivity index (χ1n) is 15.2. The molecule has 1 aliphatic rings. The van der Waals surface area contributed by atoms with Crippen LogP contribution in [0.25, 0.3) is 0 Å². The molecule has 1 saturated carbocycles. The van der Waals surface area contributed by atoms with Gasteiger partial charge in [-0.05, 0) is 66.0 Å². The van der Waals surface area contributed by atoms with Crippen LogP contribution in [0.1, 0.15) is 111 Å². The van der Waals surface area contributed by atoms with Crippen molar-refractivity contribution in [3.05, 3.63) is 0 Å². The first-order valence-corrected chi connectivity index (χ1v) is 15.2. The fourth-order valence-electron chi connectivity index (χ4n) is 4.97. The van der Waals surface area contributed by atoms with E-state index in [-0.39, 0.29) is 5.97 Å². The number of nitrogens with one attached hydrogen (secondary N) is 1. The molecule has 236 valence electrons. The van der Waals surface area contributed by atoms with E-state index in [1.165, 1.54) is 7.11 Å². The van der Waals surface area contributed by atoms with Crippen molar-refractivity contribution in [2.45, 2.75) is 129 Å². The summed E-state index contributed by atoms with van der Waals surface area (Å²) < 4.78 is 10.2. The molecule has 0 heterocycles. The molecule has 11 heteroatoms. The molecule has 1 rings (SSSR count). The van der Waals surface area contributed by atoms with Gasteiger partial charge in [0.1, 0.15) is 5.60 Å². The molecule has 0 aromatic carbocycles. The van der Waals surface area contributed by atoms with Gasteiger partial charge in [0.2, 0.25) is 5.91 Å². The molecule has 1 fully saturated rings. The van der Waals surface area contributed by atoms with Gasteiger partial charge in [-0.25, -0.2) is 4.79 Å². The Morgan fingerprint density at radius 2 is 1.66 bits per heavy atom. The zero-order valence-corrected chi connectivity index (χ0v) is 26.2. The Balaban J connectivity index is 3.10. The Hall–Kier alpha value is -2.53. The lowest BCUT2D eigenvalue weighted by molar-refractivity contribution is -0.147. The summed E-state index contributed by atoms with van der Waals surface area (Å²) in [6.07, 6.45) is 9.38. The van der Waals surface area contributed by atoms with Crippen molar-refractivity contribution in [2.24, 2.45) is 11.7 Å². The van der Waals surface area contributed by atoms with Gasteiger partial charge in [-0.2, -0.15) is 4.90 Å². The number of nitrogens with two attached hydrogens (primary N) is 1. The second kappa shape index (κ2) is 18.8. The van der Waals surface area contributed by atoms with Gasteiger partial charge in [-0.3, -0.25) is 24.1 Å². The van der Waals surface area contributed by atoms with Crippen LogP contribution in [0.4, 0.5) is 4.79 Å². The number of carbonyl (C=O) groups is 5. The number of rotatable bonds is 16. The lowest BCUT2D eigenvalue weighted by atomic mass is 9.84. The van der Waals surface area contributed by atoms with Gasteiger partial charge in [0.05, 0.1) is 25.7 Å². The molecule has 0 aromatic heterocycles. The van der Waals surface area contributed by atoms with Crippen molar-refractivity contribution in [2.75, 3.05) is 27.2 Å². The van der Waals surface area contributed by atoms with Gasteiger partial charge < -0.3 is 20.5 Å². The predicted octanol–water partition coefficient (Wildman–Crippen LogP) is 3.91. The highest BCUT2D eigenvalue weighted by atomic mass is 16.6. The molecule has 0 unspecified atom stereocenters. The Bertz CT molecular complexity index is 852. The van der Waals surface area contributed by atoms with E-state index in [0.717, 1.165) is 57.8 Å². The number of unbranched alkanes of at least 4 members (excludes halogenated alkanes) is 3. The molecule has 3 N–H and O–H groups in total. The average molecular weight is 583 g/mol. The highest BCUT2D eigenvalue weighted by Gasteiger charge is 2.39. The van der Waals surface area contributed by atoms with Crippen LogP contribution >= 0.6 is 0 Å². The van der Waals surface area contributed by atoms with Crippen molar-refractivity contribution in [3.63, 3.8) is 0 Å². The molecule has 0 saturated heterocycles. The van der Waals surface area contributed by atoms with Gasteiger partial charge in [0.15, 0.2) is 0 Å². The number of likely N-dealkylation sites (N-methyl/N-ethyl adjacent to an activating group) is 1. The monoisotopic (exact) mass is 582 g/mol. The molecule has 0 aliphatic heterocycles. The summed E-state index contributed by atoms with van der Waals surface area (Å²) in [7, 11) is 3.18. The first-order chi connectivity index (χ1) is 19.3. The normalized spacial score (nSPS) is 15.6. The van der Waals surface area contributed by atoms with E-state index in [1.54, 1.807) is 20.8 Å². The highest BCUT2D eigenvalue weighted by Crippen LogP contribution is 2.29. The number of nitrogens with zero attached hydrogens (tertiary/aromatic N) is 2. The molecule has 4 amide bonds. The van der Waals surface area contributed by atoms with Crippen LogP contribution in [0.15, 0.2) is 0 Å². The number of ether oxygens (including phenoxy) is 2. The summed E-state index contributed by atoms with van der Waals surface area (Å²) in [5.41, 5.74) is 4.99. The quantitative estimate of drug-likeness (QED) is 0.204. The van der Waals surface area contributed by atoms with E-state index in [1.807, 2.05) is 18.9 Å². The largest absolute Gasteiger partial charge is 0.469 e. The summed E-state index contributed by atoms with van der Waals surface area (Å²) in [4.78, 5) is 66.9. The Kier molecular flexibility index (Phi) is 16.7. The lowest BCUT2D eigenvalue weighted by Crippen LogP contribution is -2.56. The molecule has 11 nitrogen and oxygen atoms in total. The van der Waals surface area contributed by atoms with Gasteiger partial charge in [-0.15, -0.1) is 0 Å². The standard InChI is InChI=1S/C30H54N4O7/c1-7-8-17-23(31)27(37)32-21-25(35)34(29(39)41-30(2,3)4)28(38)24(20-22-15-11-9-12-16-22)33(5)19-14-10-13-18-26(36)40-6/h22-24H,7-21,31H2,1-6H3,(H,32,37)/t23-,24+/m1/s1. The van der Waals surface area contributed by atoms with E-state index < -0.39 is 48.0 Å². The second-order valence-corrected chi connectivity index (χ2v) is 12.1. The number of hydrogen-bond acceptors (Lipinski definition) is 9. The molecule has 0 spiro atoms. The van der Waals surface area contributed by atoms with Gasteiger partial charge in [0, 0.05) is 6.42 Å².